The van der Waals surface area contributed by atoms with E-state index in [4.69, 9.17) is 9.47 Å². The normalized spacial score (nSPS) is 14.7. The molecule has 4 rings (SSSR count). The Hall–Kier alpha value is -2.86. The third-order valence-electron chi connectivity index (χ3n) is 4.92. The van der Waals surface area contributed by atoms with Crippen LogP contribution < -0.4 is 10.1 Å². The van der Waals surface area contributed by atoms with Crippen molar-refractivity contribution in [2.45, 2.75) is 18.2 Å². The van der Waals surface area contributed by atoms with Crippen molar-refractivity contribution >= 4 is 33.0 Å². The van der Waals surface area contributed by atoms with E-state index in [1.165, 1.54) is 21.7 Å². The number of benzene rings is 1. The van der Waals surface area contributed by atoms with Gasteiger partial charge in [0.05, 0.1) is 31.9 Å². The molecule has 0 spiro atoms. The average Bonchev–Trinajstić information content (AvgIpc) is 3.29. The number of carbonyl (C=O) groups is 1. The summed E-state index contributed by atoms with van der Waals surface area (Å²) in [6, 6.07) is 8.37. The van der Waals surface area contributed by atoms with Crippen LogP contribution in [0.3, 0.4) is 0 Å². The van der Waals surface area contributed by atoms with E-state index in [0.29, 0.717) is 31.2 Å². The second kappa shape index (κ2) is 10.4. The van der Waals surface area contributed by atoms with Gasteiger partial charge in [-0.3, -0.25) is 9.78 Å². The number of anilines is 1. The van der Waals surface area contributed by atoms with E-state index in [0.717, 1.165) is 10.6 Å². The van der Waals surface area contributed by atoms with Gasteiger partial charge in [0.25, 0.3) is 0 Å². The molecule has 0 saturated carbocycles. The number of nitrogens with zero attached hydrogens (tertiary/aromatic N) is 3. The van der Waals surface area contributed by atoms with Crippen molar-refractivity contribution in [3.8, 4) is 16.3 Å². The van der Waals surface area contributed by atoms with Crippen LogP contribution in [0.15, 0.2) is 53.0 Å². The molecule has 11 heteroatoms. The minimum Gasteiger partial charge on any atom is -0.492 e. The molecule has 3 aromatic rings. The van der Waals surface area contributed by atoms with Crippen molar-refractivity contribution in [2.75, 3.05) is 38.2 Å². The number of hydrogen-bond acceptors (Lipinski definition) is 8. The molecule has 0 unspecified atom stereocenters. The summed E-state index contributed by atoms with van der Waals surface area (Å²) < 4.78 is 38.6. The van der Waals surface area contributed by atoms with Gasteiger partial charge in [0.15, 0.2) is 0 Å². The molecular weight excluding hydrogens is 464 g/mol. The van der Waals surface area contributed by atoms with Gasteiger partial charge in [0.1, 0.15) is 15.7 Å². The minimum absolute atomic E-state index is 0.0246. The molecule has 2 aromatic heterocycles. The van der Waals surface area contributed by atoms with E-state index in [1.54, 1.807) is 31.5 Å². The molecule has 0 atom stereocenters. The number of sulfonamides is 1. The molecule has 1 fully saturated rings. The highest BCUT2D eigenvalue weighted by Crippen LogP contribution is 2.31. The van der Waals surface area contributed by atoms with Gasteiger partial charge in [-0.1, -0.05) is 0 Å². The predicted octanol–water partition coefficient (Wildman–Crippen LogP) is 2.81. The van der Waals surface area contributed by atoms with Crippen LogP contribution in [0.1, 0.15) is 12.6 Å². The summed E-state index contributed by atoms with van der Waals surface area (Å²) >= 11 is 1.44. The number of hydrogen-bond donors (Lipinski definition) is 1. The fraction of sp³-hybridized carbons (Fsp3) is 0.318. The Morgan fingerprint density at radius 3 is 2.82 bits per heavy atom. The highest BCUT2D eigenvalue weighted by molar-refractivity contribution is 7.89. The summed E-state index contributed by atoms with van der Waals surface area (Å²) in [5.74, 6) is -0.0421. The van der Waals surface area contributed by atoms with E-state index < -0.39 is 10.0 Å². The quantitative estimate of drug-likeness (QED) is 0.519. The summed E-state index contributed by atoms with van der Waals surface area (Å²) in [5, 5.41) is 5.39. The van der Waals surface area contributed by atoms with Crippen LogP contribution >= 0.6 is 11.3 Å². The molecule has 0 aliphatic carbocycles. The number of thiazole rings is 1. The first-order valence-corrected chi connectivity index (χ1v) is 12.8. The lowest BCUT2D eigenvalue weighted by molar-refractivity contribution is -0.115. The molecule has 1 amide bonds. The van der Waals surface area contributed by atoms with E-state index in [9.17, 15) is 13.2 Å². The van der Waals surface area contributed by atoms with E-state index in [2.05, 4.69) is 15.3 Å². The van der Waals surface area contributed by atoms with Crippen molar-refractivity contribution in [3.63, 3.8) is 0 Å². The van der Waals surface area contributed by atoms with Gasteiger partial charge >= 0.3 is 0 Å². The number of amides is 1. The van der Waals surface area contributed by atoms with Crippen LogP contribution in [0.4, 0.5) is 5.69 Å². The Labute approximate surface area is 196 Å². The van der Waals surface area contributed by atoms with Crippen molar-refractivity contribution < 1.29 is 22.7 Å². The lowest BCUT2D eigenvalue weighted by Gasteiger charge is -2.27. The SMILES string of the molecule is CCOc1ccc(NC(=O)Cc2csc(-c3cccnc3)n2)cc1S(=O)(=O)N1CCOCC1. The van der Waals surface area contributed by atoms with Gasteiger partial charge in [0.2, 0.25) is 15.9 Å². The topological polar surface area (TPSA) is 111 Å². The van der Waals surface area contributed by atoms with Gasteiger partial charge in [-0.25, -0.2) is 13.4 Å². The first-order chi connectivity index (χ1) is 16.0. The highest BCUT2D eigenvalue weighted by Gasteiger charge is 2.29. The largest absolute Gasteiger partial charge is 0.492 e. The van der Waals surface area contributed by atoms with Crippen molar-refractivity contribution in [1.82, 2.24) is 14.3 Å². The number of aromatic nitrogens is 2. The Bertz CT molecular complexity index is 1210. The predicted molar refractivity (Wildman–Crippen MR) is 125 cm³/mol. The van der Waals surface area contributed by atoms with Crippen molar-refractivity contribution in [2.24, 2.45) is 0 Å². The molecule has 174 valence electrons. The average molecular weight is 489 g/mol. The minimum atomic E-state index is -3.80. The van der Waals surface area contributed by atoms with Crippen LogP contribution in [0, 0.1) is 0 Å². The summed E-state index contributed by atoms with van der Waals surface area (Å²) in [6.07, 6.45) is 3.48. The fourth-order valence-corrected chi connectivity index (χ4v) is 5.74. The second-order valence-corrected chi connectivity index (χ2v) is 9.99. The molecule has 33 heavy (non-hydrogen) atoms. The molecule has 3 heterocycles. The molecule has 1 saturated heterocycles. The summed E-state index contributed by atoms with van der Waals surface area (Å²) in [7, 11) is -3.80. The van der Waals surface area contributed by atoms with Crippen LogP contribution in [-0.2, 0) is 26.0 Å². The second-order valence-electron chi connectivity index (χ2n) is 7.22. The maximum atomic E-state index is 13.2. The Balaban J connectivity index is 1.50. The van der Waals surface area contributed by atoms with Gasteiger partial charge < -0.3 is 14.8 Å². The summed E-state index contributed by atoms with van der Waals surface area (Å²) in [4.78, 5) is 21.2. The number of morpholine rings is 1. The Kier molecular flexibility index (Phi) is 7.33. The lowest BCUT2D eigenvalue weighted by atomic mass is 10.2. The third-order valence-corrected chi connectivity index (χ3v) is 7.78. The molecule has 9 nitrogen and oxygen atoms in total. The zero-order valence-electron chi connectivity index (χ0n) is 18.1. The first-order valence-electron chi connectivity index (χ1n) is 10.5. The van der Waals surface area contributed by atoms with E-state index >= 15 is 0 Å². The van der Waals surface area contributed by atoms with Gasteiger partial charge in [0, 0.05) is 42.1 Å². The number of nitrogens with one attached hydrogen (secondary N) is 1. The highest BCUT2D eigenvalue weighted by atomic mass is 32.2. The standard InChI is InChI=1S/C22H24N4O5S2/c1-2-31-19-6-5-17(12-20(19)33(28,29)26-8-10-30-11-9-26)24-21(27)13-18-15-32-22(25-18)16-4-3-7-23-14-16/h3-7,12,14-15H,2,8-11,13H2,1H3,(H,24,27). The molecular formula is C22H24N4O5S2. The third kappa shape index (κ3) is 5.56. The first kappa shape index (κ1) is 23.3. The molecule has 0 bridgehead atoms. The van der Waals surface area contributed by atoms with Crippen LogP contribution in [-0.4, -0.2) is 61.5 Å². The monoisotopic (exact) mass is 488 g/mol. The maximum absolute atomic E-state index is 13.2. The number of ether oxygens (including phenoxy) is 2. The number of pyridine rings is 1. The van der Waals surface area contributed by atoms with E-state index in [-0.39, 0.29) is 36.1 Å². The molecule has 1 aliphatic heterocycles. The molecule has 0 radical (unpaired) electrons. The smallest absolute Gasteiger partial charge is 0.246 e. The van der Waals surface area contributed by atoms with Gasteiger partial charge in [-0.2, -0.15) is 4.31 Å². The summed E-state index contributed by atoms with van der Waals surface area (Å²) in [5.41, 5.74) is 1.89. The Morgan fingerprint density at radius 2 is 2.09 bits per heavy atom. The van der Waals surface area contributed by atoms with Crippen molar-refractivity contribution in [1.29, 1.82) is 0 Å². The van der Waals surface area contributed by atoms with Crippen molar-refractivity contribution in [3.05, 3.63) is 53.8 Å². The summed E-state index contributed by atoms with van der Waals surface area (Å²) in [6.45, 7) is 3.33. The maximum Gasteiger partial charge on any atom is 0.246 e. The zero-order chi connectivity index (χ0) is 23.3. The van der Waals surface area contributed by atoms with Crippen LogP contribution in [0.25, 0.3) is 10.6 Å². The lowest BCUT2D eigenvalue weighted by Crippen LogP contribution is -2.40. The zero-order valence-corrected chi connectivity index (χ0v) is 19.7. The molecule has 1 N–H and O–H groups in total. The number of carbonyl (C=O) groups excluding carboxylic acids is 1. The van der Waals surface area contributed by atoms with Crippen LogP contribution in [0.2, 0.25) is 0 Å². The van der Waals surface area contributed by atoms with Gasteiger partial charge in [-0.15, -0.1) is 11.3 Å². The molecule has 1 aliphatic rings. The number of rotatable bonds is 8. The fourth-order valence-electron chi connectivity index (χ4n) is 3.37. The van der Waals surface area contributed by atoms with Gasteiger partial charge in [-0.05, 0) is 37.3 Å². The van der Waals surface area contributed by atoms with E-state index in [1.807, 2.05) is 17.5 Å². The molecule has 1 aromatic carbocycles. The Morgan fingerprint density at radius 1 is 1.27 bits per heavy atom. The van der Waals surface area contributed by atoms with Crippen LogP contribution in [0.5, 0.6) is 5.75 Å².